The number of imidazole rings is 1. The van der Waals surface area contributed by atoms with Gasteiger partial charge in [0.05, 0.1) is 0 Å². The molecule has 0 bridgehead atoms. The lowest BCUT2D eigenvalue weighted by atomic mass is 10.1. The first-order valence-corrected chi connectivity index (χ1v) is 9.27. The van der Waals surface area contributed by atoms with Crippen molar-refractivity contribution < 1.29 is 14.2 Å². The Morgan fingerprint density at radius 2 is 2.04 bits per heavy atom. The van der Waals surface area contributed by atoms with E-state index in [1.54, 1.807) is 12.4 Å². The van der Waals surface area contributed by atoms with E-state index in [1.807, 2.05) is 31.2 Å². The number of nitrogens with zero attached hydrogens (tertiary/aromatic N) is 2. The number of hydrogen-bond donors (Lipinski definition) is 2. The molecule has 4 rings (SSSR count). The summed E-state index contributed by atoms with van der Waals surface area (Å²) >= 11 is 0. The summed E-state index contributed by atoms with van der Waals surface area (Å²) in [7, 11) is 0. The molecule has 2 aromatic rings. The first kappa shape index (κ1) is 17.5. The Hall–Kier alpha value is -2.96. The van der Waals surface area contributed by atoms with E-state index in [-0.39, 0.29) is 6.10 Å². The summed E-state index contributed by atoms with van der Waals surface area (Å²) in [5.74, 6) is 3.65. The van der Waals surface area contributed by atoms with Gasteiger partial charge in [-0.05, 0) is 30.7 Å². The van der Waals surface area contributed by atoms with Crippen LogP contribution in [-0.4, -0.2) is 53.1 Å². The van der Waals surface area contributed by atoms with Gasteiger partial charge in [0.1, 0.15) is 36.7 Å². The third-order valence-electron chi connectivity index (χ3n) is 4.82. The van der Waals surface area contributed by atoms with E-state index in [9.17, 15) is 0 Å². The topological polar surface area (TPSA) is 83.5 Å². The standard InChI is InChI=1S/C20H24N4O3/c1-14(12-19-22-6-7-23-19)20(21)24-8-4-15(5-9-24)27-16-2-3-17-18(13-16)26-11-10-25-17/h2-3,6-7,12-13,15,21H,4-5,8-11H2,1H3,(H,22,23)/b14-12-,21-20?. The molecule has 0 aliphatic carbocycles. The fourth-order valence-electron chi connectivity index (χ4n) is 3.37. The van der Waals surface area contributed by atoms with Gasteiger partial charge in [0, 0.05) is 44.4 Å². The van der Waals surface area contributed by atoms with E-state index in [4.69, 9.17) is 19.6 Å². The highest BCUT2D eigenvalue weighted by Crippen LogP contribution is 2.34. The largest absolute Gasteiger partial charge is 0.490 e. The van der Waals surface area contributed by atoms with Crippen LogP contribution in [0.15, 0.2) is 36.2 Å². The summed E-state index contributed by atoms with van der Waals surface area (Å²) in [6.45, 7) is 4.71. The van der Waals surface area contributed by atoms with Crippen LogP contribution in [0.3, 0.4) is 0 Å². The zero-order valence-corrected chi connectivity index (χ0v) is 15.4. The van der Waals surface area contributed by atoms with Crippen molar-refractivity contribution in [3.63, 3.8) is 0 Å². The Morgan fingerprint density at radius 1 is 1.26 bits per heavy atom. The van der Waals surface area contributed by atoms with E-state index >= 15 is 0 Å². The summed E-state index contributed by atoms with van der Waals surface area (Å²) in [5, 5.41) is 8.43. The Labute approximate surface area is 158 Å². The zero-order valence-electron chi connectivity index (χ0n) is 15.4. The van der Waals surface area contributed by atoms with Crippen molar-refractivity contribution in [2.75, 3.05) is 26.3 Å². The molecule has 2 N–H and O–H groups in total. The van der Waals surface area contributed by atoms with E-state index in [1.165, 1.54) is 0 Å². The van der Waals surface area contributed by atoms with Crippen molar-refractivity contribution in [1.29, 1.82) is 5.41 Å². The molecule has 7 heteroatoms. The normalized spacial score (nSPS) is 17.7. The smallest absolute Gasteiger partial charge is 0.165 e. The number of ether oxygens (including phenoxy) is 3. The number of nitrogens with one attached hydrogen (secondary N) is 2. The zero-order chi connectivity index (χ0) is 18.6. The van der Waals surface area contributed by atoms with Gasteiger partial charge in [0.2, 0.25) is 0 Å². The van der Waals surface area contributed by atoms with E-state index in [2.05, 4.69) is 14.9 Å². The molecule has 0 spiro atoms. The predicted molar refractivity (Wildman–Crippen MR) is 103 cm³/mol. The van der Waals surface area contributed by atoms with E-state index in [0.29, 0.717) is 19.0 Å². The van der Waals surface area contributed by atoms with E-state index in [0.717, 1.165) is 54.6 Å². The second kappa shape index (κ2) is 7.73. The molecule has 0 amide bonds. The molecule has 7 nitrogen and oxygen atoms in total. The average Bonchev–Trinajstić information content (AvgIpc) is 3.21. The van der Waals surface area contributed by atoms with Gasteiger partial charge in [0.15, 0.2) is 11.5 Å². The minimum atomic E-state index is 0.144. The molecule has 0 radical (unpaired) electrons. The molecule has 3 heterocycles. The highest BCUT2D eigenvalue weighted by molar-refractivity contribution is 5.99. The summed E-state index contributed by atoms with van der Waals surface area (Å²) in [6, 6.07) is 5.73. The predicted octanol–water partition coefficient (Wildman–Crippen LogP) is 3.10. The summed E-state index contributed by atoms with van der Waals surface area (Å²) in [5.41, 5.74) is 0.899. The highest BCUT2D eigenvalue weighted by Gasteiger charge is 2.23. The molecule has 1 aromatic heterocycles. The van der Waals surface area contributed by atoms with Crippen molar-refractivity contribution in [2.45, 2.75) is 25.9 Å². The van der Waals surface area contributed by atoms with Crippen molar-refractivity contribution >= 4 is 11.9 Å². The molecule has 142 valence electrons. The van der Waals surface area contributed by atoms with Crippen molar-refractivity contribution in [3.8, 4) is 17.2 Å². The number of aromatic nitrogens is 2. The van der Waals surface area contributed by atoms with Gasteiger partial charge in [0.25, 0.3) is 0 Å². The van der Waals surface area contributed by atoms with Crippen molar-refractivity contribution in [2.24, 2.45) is 0 Å². The molecule has 0 atom stereocenters. The number of H-pyrrole nitrogens is 1. The van der Waals surface area contributed by atoms with Gasteiger partial charge in [-0.3, -0.25) is 5.41 Å². The highest BCUT2D eigenvalue weighted by atomic mass is 16.6. The number of hydrogen-bond acceptors (Lipinski definition) is 5. The third-order valence-corrected chi connectivity index (χ3v) is 4.82. The first-order valence-electron chi connectivity index (χ1n) is 9.27. The number of benzene rings is 1. The van der Waals surface area contributed by atoms with Gasteiger partial charge in [-0.2, -0.15) is 0 Å². The molecular formula is C20H24N4O3. The van der Waals surface area contributed by atoms with Crippen LogP contribution < -0.4 is 14.2 Å². The van der Waals surface area contributed by atoms with Crippen LogP contribution in [0.5, 0.6) is 17.2 Å². The quantitative estimate of drug-likeness (QED) is 0.640. The monoisotopic (exact) mass is 368 g/mol. The van der Waals surface area contributed by atoms with Crippen LogP contribution in [-0.2, 0) is 0 Å². The Kier molecular flexibility index (Phi) is 5.00. The van der Waals surface area contributed by atoms with Crippen LogP contribution in [0, 0.1) is 5.41 Å². The maximum absolute atomic E-state index is 8.43. The number of piperidine rings is 1. The lowest BCUT2D eigenvalue weighted by Gasteiger charge is -2.34. The fourth-order valence-corrected chi connectivity index (χ4v) is 3.37. The molecule has 1 aromatic carbocycles. The molecular weight excluding hydrogens is 344 g/mol. The maximum atomic E-state index is 8.43. The Balaban J connectivity index is 1.32. The number of likely N-dealkylation sites (tertiary alicyclic amines) is 1. The minimum absolute atomic E-state index is 0.144. The molecule has 27 heavy (non-hydrogen) atoms. The minimum Gasteiger partial charge on any atom is -0.490 e. The molecule has 1 fully saturated rings. The lowest BCUT2D eigenvalue weighted by molar-refractivity contribution is 0.128. The van der Waals surface area contributed by atoms with Crippen LogP contribution in [0.1, 0.15) is 25.6 Å². The van der Waals surface area contributed by atoms with Gasteiger partial charge < -0.3 is 24.1 Å². The number of amidine groups is 1. The van der Waals surface area contributed by atoms with Gasteiger partial charge in [-0.15, -0.1) is 0 Å². The van der Waals surface area contributed by atoms with Gasteiger partial charge >= 0.3 is 0 Å². The summed E-state index contributed by atoms with van der Waals surface area (Å²) in [4.78, 5) is 9.32. The molecule has 2 aliphatic rings. The summed E-state index contributed by atoms with van der Waals surface area (Å²) < 4.78 is 17.3. The van der Waals surface area contributed by atoms with Gasteiger partial charge in [-0.25, -0.2) is 4.98 Å². The number of aromatic amines is 1. The van der Waals surface area contributed by atoms with Crippen molar-refractivity contribution in [1.82, 2.24) is 14.9 Å². The summed E-state index contributed by atoms with van der Waals surface area (Å²) in [6.07, 6.45) is 7.30. The Morgan fingerprint density at radius 3 is 2.78 bits per heavy atom. The Bertz CT molecular complexity index is 824. The number of rotatable bonds is 4. The molecule has 1 saturated heterocycles. The van der Waals surface area contributed by atoms with E-state index < -0.39 is 0 Å². The van der Waals surface area contributed by atoms with Crippen molar-refractivity contribution in [3.05, 3.63) is 42.0 Å². The van der Waals surface area contributed by atoms with Crippen LogP contribution in [0.4, 0.5) is 0 Å². The number of fused-ring (bicyclic) bond motifs is 1. The molecule has 2 aliphatic heterocycles. The third kappa shape index (κ3) is 4.07. The molecule has 0 saturated carbocycles. The maximum Gasteiger partial charge on any atom is 0.165 e. The van der Waals surface area contributed by atoms with Gasteiger partial charge in [-0.1, -0.05) is 0 Å². The fraction of sp³-hybridized carbons (Fsp3) is 0.400. The van der Waals surface area contributed by atoms with Crippen LogP contribution in [0.25, 0.3) is 6.08 Å². The van der Waals surface area contributed by atoms with Crippen LogP contribution in [0.2, 0.25) is 0 Å². The second-order valence-corrected chi connectivity index (χ2v) is 6.76. The first-order chi connectivity index (χ1) is 13.2. The average molecular weight is 368 g/mol. The molecule has 0 unspecified atom stereocenters. The SMILES string of the molecule is C/C(=C/c1ncc[nH]1)C(=N)N1CCC(Oc2ccc3c(c2)OCCO3)CC1. The van der Waals surface area contributed by atoms with Crippen LogP contribution >= 0.6 is 0 Å². The lowest BCUT2D eigenvalue weighted by Crippen LogP contribution is -2.41. The second-order valence-electron chi connectivity index (χ2n) is 6.76.